The third kappa shape index (κ3) is 3.05. The van der Waals surface area contributed by atoms with E-state index >= 15 is 0 Å². The minimum absolute atomic E-state index is 0.0528. The molecule has 1 aromatic carbocycles. The molecule has 1 rings (SSSR count). The maximum absolute atomic E-state index is 13.2. The van der Waals surface area contributed by atoms with E-state index in [1.807, 2.05) is 12.1 Å². The van der Waals surface area contributed by atoms with Gasteiger partial charge in [0.1, 0.15) is 5.82 Å². The second kappa shape index (κ2) is 4.96. The van der Waals surface area contributed by atoms with Crippen LogP contribution in [0.15, 0.2) is 18.2 Å². The van der Waals surface area contributed by atoms with E-state index in [0.717, 1.165) is 6.42 Å². The predicted molar refractivity (Wildman–Crippen MR) is 67.0 cm³/mol. The van der Waals surface area contributed by atoms with Crippen molar-refractivity contribution in [3.8, 4) is 0 Å². The first-order valence-corrected chi connectivity index (χ1v) is 5.83. The number of aryl methyl sites for hydroxylation is 1. The quantitative estimate of drug-likeness (QED) is 0.832. The molecule has 0 fully saturated rings. The Bertz CT molecular complexity index is 358. The molecular weight excluding hydrogens is 201 g/mol. The zero-order valence-corrected chi connectivity index (χ0v) is 10.7. The van der Waals surface area contributed by atoms with Crippen LogP contribution in [0.2, 0.25) is 0 Å². The molecule has 1 unspecified atom stereocenters. The molecule has 1 atom stereocenters. The van der Waals surface area contributed by atoms with Crippen LogP contribution in [0.3, 0.4) is 0 Å². The normalized spacial score (nSPS) is 13.9. The van der Waals surface area contributed by atoms with Gasteiger partial charge in [0, 0.05) is 0 Å². The standard InChI is InChI=1S/C14H22FN/c1-10(9-16)8-14(3,4)12-5-6-13(15)11(2)7-12/h5-7,10H,8-9,16H2,1-4H3. The molecule has 0 bridgehead atoms. The summed E-state index contributed by atoms with van der Waals surface area (Å²) < 4.78 is 13.2. The van der Waals surface area contributed by atoms with Gasteiger partial charge in [-0.3, -0.25) is 0 Å². The molecule has 0 aromatic heterocycles. The average molecular weight is 223 g/mol. The Morgan fingerprint density at radius 3 is 2.50 bits per heavy atom. The van der Waals surface area contributed by atoms with Crippen molar-refractivity contribution in [2.45, 2.75) is 39.5 Å². The fourth-order valence-electron chi connectivity index (χ4n) is 2.14. The number of halogens is 1. The van der Waals surface area contributed by atoms with Crippen molar-refractivity contribution in [3.05, 3.63) is 35.1 Å². The maximum Gasteiger partial charge on any atom is 0.126 e. The molecule has 0 radical (unpaired) electrons. The Labute approximate surface area is 97.9 Å². The summed E-state index contributed by atoms with van der Waals surface area (Å²) >= 11 is 0. The fourth-order valence-corrected chi connectivity index (χ4v) is 2.14. The van der Waals surface area contributed by atoms with Crippen molar-refractivity contribution in [1.82, 2.24) is 0 Å². The van der Waals surface area contributed by atoms with E-state index in [0.29, 0.717) is 18.0 Å². The van der Waals surface area contributed by atoms with Crippen LogP contribution >= 0.6 is 0 Å². The van der Waals surface area contributed by atoms with Crippen LogP contribution in [0.25, 0.3) is 0 Å². The maximum atomic E-state index is 13.2. The van der Waals surface area contributed by atoms with Crippen molar-refractivity contribution < 1.29 is 4.39 Å². The summed E-state index contributed by atoms with van der Waals surface area (Å²) in [5.41, 5.74) is 7.60. The van der Waals surface area contributed by atoms with Crippen molar-refractivity contribution in [2.75, 3.05) is 6.54 Å². The summed E-state index contributed by atoms with van der Waals surface area (Å²) in [5.74, 6) is 0.354. The smallest absolute Gasteiger partial charge is 0.126 e. The Balaban J connectivity index is 2.93. The van der Waals surface area contributed by atoms with Crippen molar-refractivity contribution >= 4 is 0 Å². The van der Waals surface area contributed by atoms with Gasteiger partial charge in [-0.15, -0.1) is 0 Å². The van der Waals surface area contributed by atoms with E-state index in [1.54, 1.807) is 13.0 Å². The third-order valence-corrected chi connectivity index (χ3v) is 3.20. The highest BCUT2D eigenvalue weighted by atomic mass is 19.1. The van der Waals surface area contributed by atoms with Crippen LogP contribution in [0.4, 0.5) is 4.39 Å². The number of hydrogen-bond donors (Lipinski definition) is 1. The molecular formula is C14H22FN. The van der Waals surface area contributed by atoms with Crippen LogP contribution < -0.4 is 5.73 Å². The van der Waals surface area contributed by atoms with E-state index in [2.05, 4.69) is 20.8 Å². The topological polar surface area (TPSA) is 26.0 Å². The van der Waals surface area contributed by atoms with Gasteiger partial charge in [-0.05, 0) is 48.4 Å². The van der Waals surface area contributed by atoms with E-state index in [-0.39, 0.29) is 11.2 Å². The molecule has 16 heavy (non-hydrogen) atoms. The van der Waals surface area contributed by atoms with E-state index < -0.39 is 0 Å². The third-order valence-electron chi connectivity index (χ3n) is 3.20. The first-order valence-electron chi connectivity index (χ1n) is 5.83. The van der Waals surface area contributed by atoms with E-state index in [9.17, 15) is 4.39 Å². The predicted octanol–water partition coefficient (Wildman–Crippen LogP) is 3.40. The molecule has 0 saturated heterocycles. The number of nitrogens with two attached hydrogens (primary N) is 1. The van der Waals surface area contributed by atoms with E-state index in [4.69, 9.17) is 5.73 Å². The Morgan fingerprint density at radius 1 is 1.38 bits per heavy atom. The highest BCUT2D eigenvalue weighted by Gasteiger charge is 2.23. The Hall–Kier alpha value is -0.890. The van der Waals surface area contributed by atoms with Crippen LogP contribution in [-0.2, 0) is 5.41 Å². The monoisotopic (exact) mass is 223 g/mol. The van der Waals surface area contributed by atoms with Gasteiger partial charge in [-0.25, -0.2) is 4.39 Å². The second-order valence-electron chi connectivity index (χ2n) is 5.39. The summed E-state index contributed by atoms with van der Waals surface area (Å²) in [6, 6.07) is 5.38. The summed E-state index contributed by atoms with van der Waals surface area (Å²) in [4.78, 5) is 0. The highest BCUT2D eigenvalue weighted by Crippen LogP contribution is 2.31. The van der Waals surface area contributed by atoms with Crippen molar-refractivity contribution in [3.63, 3.8) is 0 Å². The first-order chi connectivity index (χ1) is 7.36. The van der Waals surface area contributed by atoms with Gasteiger partial charge in [0.15, 0.2) is 0 Å². The summed E-state index contributed by atoms with van der Waals surface area (Å²) in [6.07, 6.45) is 1.02. The minimum atomic E-state index is -0.133. The van der Waals surface area contributed by atoms with Gasteiger partial charge in [-0.2, -0.15) is 0 Å². The first kappa shape index (κ1) is 13.2. The molecule has 90 valence electrons. The van der Waals surface area contributed by atoms with Crippen LogP contribution in [-0.4, -0.2) is 6.54 Å². The zero-order valence-electron chi connectivity index (χ0n) is 10.7. The lowest BCUT2D eigenvalue weighted by molar-refractivity contribution is 0.384. The number of hydrogen-bond acceptors (Lipinski definition) is 1. The molecule has 0 saturated carbocycles. The van der Waals surface area contributed by atoms with Crippen LogP contribution in [0.5, 0.6) is 0 Å². The molecule has 0 amide bonds. The molecule has 0 spiro atoms. The lowest BCUT2D eigenvalue weighted by atomic mass is 9.77. The molecule has 1 aromatic rings. The van der Waals surface area contributed by atoms with Gasteiger partial charge >= 0.3 is 0 Å². The van der Waals surface area contributed by atoms with Gasteiger partial charge in [0.25, 0.3) is 0 Å². The Morgan fingerprint density at radius 2 is 2.00 bits per heavy atom. The van der Waals surface area contributed by atoms with E-state index in [1.165, 1.54) is 5.56 Å². The van der Waals surface area contributed by atoms with Gasteiger partial charge < -0.3 is 5.73 Å². The minimum Gasteiger partial charge on any atom is -0.330 e. The molecule has 0 aliphatic rings. The number of benzene rings is 1. The molecule has 0 aliphatic carbocycles. The molecule has 2 heteroatoms. The summed E-state index contributed by atoms with van der Waals surface area (Å²) in [5, 5.41) is 0. The summed E-state index contributed by atoms with van der Waals surface area (Å²) in [7, 11) is 0. The lowest BCUT2D eigenvalue weighted by Crippen LogP contribution is -2.24. The van der Waals surface area contributed by atoms with Crippen molar-refractivity contribution in [2.24, 2.45) is 11.7 Å². The van der Waals surface area contributed by atoms with Crippen molar-refractivity contribution in [1.29, 1.82) is 0 Å². The highest BCUT2D eigenvalue weighted by molar-refractivity contribution is 5.29. The molecule has 1 nitrogen and oxygen atoms in total. The van der Waals surface area contributed by atoms with Gasteiger partial charge in [0.2, 0.25) is 0 Å². The zero-order chi connectivity index (χ0) is 12.3. The largest absolute Gasteiger partial charge is 0.330 e. The second-order valence-corrected chi connectivity index (χ2v) is 5.39. The molecule has 0 aliphatic heterocycles. The van der Waals surface area contributed by atoms with Crippen LogP contribution in [0.1, 0.15) is 38.3 Å². The fraction of sp³-hybridized carbons (Fsp3) is 0.571. The lowest BCUT2D eigenvalue weighted by Gasteiger charge is -2.28. The Kier molecular flexibility index (Phi) is 4.09. The molecule has 0 heterocycles. The average Bonchev–Trinajstić information content (AvgIpc) is 2.21. The SMILES string of the molecule is Cc1cc(C(C)(C)CC(C)CN)ccc1F. The number of rotatable bonds is 4. The molecule has 2 N–H and O–H groups in total. The summed E-state index contributed by atoms with van der Waals surface area (Å²) in [6.45, 7) is 9.03. The van der Waals surface area contributed by atoms with Gasteiger partial charge in [-0.1, -0.05) is 32.9 Å². The van der Waals surface area contributed by atoms with Gasteiger partial charge in [0.05, 0.1) is 0 Å². The van der Waals surface area contributed by atoms with Crippen LogP contribution in [0, 0.1) is 18.7 Å².